The molecule has 0 spiro atoms. The van der Waals surface area contributed by atoms with Gasteiger partial charge in [-0.2, -0.15) is 0 Å². The Balaban J connectivity index is 1.90. The topological polar surface area (TPSA) is 43.4 Å². The number of allylic oxidation sites excluding steroid dienone is 1. The van der Waals surface area contributed by atoms with E-state index in [-0.39, 0.29) is 11.8 Å². The Labute approximate surface area is 126 Å². The molecular weight excluding hydrogens is 284 g/mol. The first-order valence-electron chi connectivity index (χ1n) is 6.45. The highest BCUT2D eigenvalue weighted by Gasteiger charge is 2.25. The van der Waals surface area contributed by atoms with Crippen LogP contribution in [0.25, 0.3) is 6.08 Å². The van der Waals surface area contributed by atoms with Gasteiger partial charge in [0.05, 0.1) is 4.91 Å². The number of Topliss-reactive ketones (excluding diaryl/α,β-unsaturated/α-hetero) is 1. The van der Waals surface area contributed by atoms with Crippen LogP contribution < -0.4 is 4.74 Å². The van der Waals surface area contributed by atoms with E-state index in [2.05, 4.69) is 0 Å². The van der Waals surface area contributed by atoms with Crippen LogP contribution in [0, 0.1) is 0 Å². The Bertz CT molecular complexity index is 762. The van der Waals surface area contributed by atoms with Crippen molar-refractivity contribution in [3.8, 4) is 5.75 Å². The molecule has 104 valence electrons. The van der Waals surface area contributed by atoms with Crippen LogP contribution in [0.15, 0.2) is 58.3 Å². The molecule has 0 saturated heterocycles. The summed E-state index contributed by atoms with van der Waals surface area (Å²) >= 11 is 1.46. The maximum atomic E-state index is 12.3. The highest BCUT2D eigenvalue weighted by molar-refractivity contribution is 8.04. The minimum absolute atomic E-state index is 0.0356. The molecule has 1 aliphatic heterocycles. The highest BCUT2D eigenvalue weighted by Crippen LogP contribution is 2.40. The Morgan fingerprint density at radius 2 is 1.95 bits per heavy atom. The van der Waals surface area contributed by atoms with Crippen LogP contribution in [-0.2, 0) is 4.79 Å². The third-order valence-corrected chi connectivity index (χ3v) is 4.09. The molecule has 0 aliphatic carbocycles. The Hall–Kier alpha value is -2.33. The number of benzene rings is 2. The SMILES string of the molecule is CC(=O)Oc1cccc(C=C2Sc3ccccc3C2=O)c1. The lowest BCUT2D eigenvalue weighted by molar-refractivity contribution is -0.131. The average molecular weight is 296 g/mol. The van der Waals surface area contributed by atoms with Crippen molar-refractivity contribution >= 4 is 29.6 Å². The summed E-state index contributed by atoms with van der Waals surface area (Å²) in [6.07, 6.45) is 1.82. The zero-order valence-electron chi connectivity index (χ0n) is 11.3. The summed E-state index contributed by atoms with van der Waals surface area (Å²) in [7, 11) is 0. The molecule has 2 aromatic carbocycles. The lowest BCUT2D eigenvalue weighted by atomic mass is 10.1. The lowest BCUT2D eigenvalue weighted by Crippen LogP contribution is -2.01. The molecule has 0 bridgehead atoms. The zero-order chi connectivity index (χ0) is 14.8. The van der Waals surface area contributed by atoms with Gasteiger partial charge in [-0.05, 0) is 35.9 Å². The monoisotopic (exact) mass is 296 g/mol. The van der Waals surface area contributed by atoms with E-state index in [1.807, 2.05) is 36.4 Å². The van der Waals surface area contributed by atoms with E-state index in [1.165, 1.54) is 18.7 Å². The second kappa shape index (κ2) is 5.58. The van der Waals surface area contributed by atoms with Crippen LogP contribution >= 0.6 is 11.8 Å². The van der Waals surface area contributed by atoms with Crippen molar-refractivity contribution in [1.82, 2.24) is 0 Å². The predicted octanol–water partition coefficient (Wildman–Crippen LogP) is 3.94. The first-order valence-corrected chi connectivity index (χ1v) is 7.27. The third kappa shape index (κ3) is 2.90. The number of ether oxygens (including phenoxy) is 1. The van der Waals surface area contributed by atoms with E-state index in [1.54, 1.807) is 18.2 Å². The second-order valence-corrected chi connectivity index (χ2v) is 5.69. The van der Waals surface area contributed by atoms with E-state index < -0.39 is 0 Å². The summed E-state index contributed by atoms with van der Waals surface area (Å²) in [6, 6.07) is 14.7. The minimum Gasteiger partial charge on any atom is -0.427 e. The van der Waals surface area contributed by atoms with Crippen LogP contribution in [0.1, 0.15) is 22.8 Å². The van der Waals surface area contributed by atoms with Gasteiger partial charge in [0.15, 0.2) is 0 Å². The molecule has 1 heterocycles. The first-order chi connectivity index (χ1) is 10.1. The maximum absolute atomic E-state index is 12.3. The van der Waals surface area contributed by atoms with Gasteiger partial charge in [-0.3, -0.25) is 9.59 Å². The number of esters is 1. The Morgan fingerprint density at radius 3 is 2.71 bits per heavy atom. The molecule has 0 N–H and O–H groups in total. The van der Waals surface area contributed by atoms with Crippen molar-refractivity contribution in [3.63, 3.8) is 0 Å². The fraction of sp³-hybridized carbons (Fsp3) is 0.0588. The Morgan fingerprint density at radius 1 is 1.14 bits per heavy atom. The van der Waals surface area contributed by atoms with Crippen LogP contribution in [0.2, 0.25) is 0 Å². The molecule has 3 nitrogen and oxygen atoms in total. The summed E-state index contributed by atoms with van der Waals surface area (Å²) in [5, 5.41) is 0. The maximum Gasteiger partial charge on any atom is 0.308 e. The predicted molar refractivity (Wildman–Crippen MR) is 82.4 cm³/mol. The van der Waals surface area contributed by atoms with Crippen LogP contribution in [0.3, 0.4) is 0 Å². The van der Waals surface area contributed by atoms with Crippen molar-refractivity contribution in [2.45, 2.75) is 11.8 Å². The second-order valence-electron chi connectivity index (χ2n) is 4.60. The number of thioether (sulfide) groups is 1. The van der Waals surface area contributed by atoms with Crippen molar-refractivity contribution < 1.29 is 14.3 Å². The van der Waals surface area contributed by atoms with E-state index in [0.29, 0.717) is 10.7 Å². The molecule has 0 fully saturated rings. The van der Waals surface area contributed by atoms with Crippen molar-refractivity contribution in [3.05, 3.63) is 64.6 Å². The Kier molecular flexibility index (Phi) is 3.62. The van der Waals surface area contributed by atoms with Gasteiger partial charge < -0.3 is 4.74 Å². The van der Waals surface area contributed by atoms with Crippen molar-refractivity contribution in [1.29, 1.82) is 0 Å². The molecular formula is C17H12O3S. The number of ketones is 1. The molecule has 0 atom stereocenters. The van der Waals surface area contributed by atoms with Crippen molar-refractivity contribution in [2.24, 2.45) is 0 Å². The van der Waals surface area contributed by atoms with Gasteiger partial charge in [-0.15, -0.1) is 0 Å². The van der Waals surface area contributed by atoms with Crippen LogP contribution in [0.4, 0.5) is 0 Å². The molecule has 4 heteroatoms. The number of fused-ring (bicyclic) bond motifs is 1. The number of carbonyl (C=O) groups is 2. The minimum atomic E-state index is -0.362. The number of carbonyl (C=O) groups excluding carboxylic acids is 2. The summed E-state index contributed by atoms with van der Waals surface area (Å²) < 4.78 is 5.05. The molecule has 0 unspecified atom stereocenters. The summed E-state index contributed by atoms with van der Waals surface area (Å²) in [4.78, 5) is 24.9. The van der Waals surface area contributed by atoms with Gasteiger partial charge in [0.1, 0.15) is 5.75 Å². The fourth-order valence-corrected chi connectivity index (χ4v) is 3.17. The molecule has 3 rings (SSSR count). The van der Waals surface area contributed by atoms with E-state index >= 15 is 0 Å². The summed E-state index contributed by atoms with van der Waals surface area (Å²) in [5.41, 5.74) is 1.57. The smallest absolute Gasteiger partial charge is 0.308 e. The molecule has 0 radical (unpaired) electrons. The van der Waals surface area contributed by atoms with Gasteiger partial charge in [0.2, 0.25) is 5.78 Å². The summed E-state index contributed by atoms with van der Waals surface area (Å²) in [5.74, 6) is 0.150. The highest BCUT2D eigenvalue weighted by atomic mass is 32.2. The summed E-state index contributed by atoms with van der Waals surface area (Å²) in [6.45, 7) is 1.36. The molecule has 21 heavy (non-hydrogen) atoms. The van der Waals surface area contributed by atoms with E-state index in [9.17, 15) is 9.59 Å². The van der Waals surface area contributed by atoms with E-state index in [4.69, 9.17) is 4.74 Å². The van der Waals surface area contributed by atoms with Gasteiger partial charge in [-0.1, -0.05) is 36.0 Å². The largest absolute Gasteiger partial charge is 0.427 e. The lowest BCUT2D eigenvalue weighted by Gasteiger charge is -2.02. The first kappa shape index (κ1) is 13.6. The van der Waals surface area contributed by atoms with Gasteiger partial charge in [-0.25, -0.2) is 0 Å². The number of hydrogen-bond donors (Lipinski definition) is 0. The molecule has 0 amide bonds. The van der Waals surface area contributed by atoms with Gasteiger partial charge in [0, 0.05) is 17.4 Å². The quantitative estimate of drug-likeness (QED) is 0.478. The standard InChI is InChI=1S/C17H12O3S/c1-11(18)20-13-6-4-5-12(9-13)10-16-17(19)14-7-2-3-8-15(14)21-16/h2-10H,1H3. The van der Waals surface area contributed by atoms with Gasteiger partial charge >= 0.3 is 5.97 Å². The molecule has 2 aromatic rings. The molecule has 1 aliphatic rings. The fourth-order valence-electron chi connectivity index (χ4n) is 2.12. The van der Waals surface area contributed by atoms with Gasteiger partial charge in [0.25, 0.3) is 0 Å². The van der Waals surface area contributed by atoms with E-state index in [0.717, 1.165) is 16.0 Å². The molecule has 0 aromatic heterocycles. The van der Waals surface area contributed by atoms with Crippen LogP contribution in [0.5, 0.6) is 5.75 Å². The normalized spacial score (nSPS) is 15.1. The number of rotatable bonds is 2. The van der Waals surface area contributed by atoms with Crippen molar-refractivity contribution in [2.75, 3.05) is 0 Å². The molecule has 0 saturated carbocycles. The van der Waals surface area contributed by atoms with Crippen LogP contribution in [-0.4, -0.2) is 11.8 Å². The zero-order valence-corrected chi connectivity index (χ0v) is 12.1. The third-order valence-electron chi connectivity index (χ3n) is 2.99. The average Bonchev–Trinajstić information content (AvgIpc) is 2.76. The number of hydrogen-bond acceptors (Lipinski definition) is 4.